The van der Waals surface area contributed by atoms with Gasteiger partial charge in [0.25, 0.3) is 0 Å². The topological polar surface area (TPSA) is 57.6 Å². The molecule has 1 aromatic carbocycles. The Kier molecular flexibility index (Phi) is 3.27. The second kappa shape index (κ2) is 4.72. The smallest absolute Gasteiger partial charge is 0.407 e. The van der Waals surface area contributed by atoms with E-state index in [1.165, 1.54) is 0 Å². The molecule has 1 amide bonds. The normalized spacial score (nSPS) is 19.0. The molecule has 18 heavy (non-hydrogen) atoms. The Hall–Kier alpha value is -1.98. The lowest BCUT2D eigenvalue weighted by molar-refractivity contribution is 0.0844. The average molecular weight is 255 g/mol. The van der Waals surface area contributed by atoms with Crippen molar-refractivity contribution in [1.29, 1.82) is 0 Å². The fourth-order valence-corrected chi connectivity index (χ4v) is 2.16. The fraction of sp³-hybridized carbons (Fsp3) is 0.333. The zero-order chi connectivity index (χ0) is 13.3. The molecule has 96 valence electrons. The molecule has 4 nitrogen and oxygen atoms in total. The summed E-state index contributed by atoms with van der Waals surface area (Å²) >= 11 is 0. The first-order valence-electron chi connectivity index (χ1n) is 5.49. The number of amides is 1. The van der Waals surface area contributed by atoms with Crippen LogP contribution in [0.5, 0.6) is 0 Å². The van der Waals surface area contributed by atoms with E-state index >= 15 is 0 Å². The summed E-state index contributed by atoms with van der Waals surface area (Å²) in [6, 6.07) is 1.66. The fourth-order valence-electron chi connectivity index (χ4n) is 2.16. The van der Waals surface area contributed by atoms with Crippen LogP contribution < -0.4 is 0 Å². The number of carbonyl (C=O) groups excluding carboxylic acids is 1. The minimum atomic E-state index is -1.19. The number of hydrogen-bond donors (Lipinski definition) is 1. The van der Waals surface area contributed by atoms with Crippen molar-refractivity contribution in [3.05, 3.63) is 35.4 Å². The SMILES string of the molecule is O=C(c1cc(F)cc(F)c1)[C@H]1CCCN1C(=O)O. The average Bonchev–Trinajstić information content (AvgIpc) is 2.75. The van der Waals surface area contributed by atoms with Crippen LogP contribution in [0.4, 0.5) is 13.6 Å². The van der Waals surface area contributed by atoms with Crippen LogP contribution in [0.1, 0.15) is 23.2 Å². The molecule has 1 fully saturated rings. The lowest BCUT2D eigenvalue weighted by Crippen LogP contribution is -2.39. The summed E-state index contributed by atoms with van der Waals surface area (Å²) in [7, 11) is 0. The molecule has 0 spiro atoms. The van der Waals surface area contributed by atoms with Crippen LogP contribution in [0.2, 0.25) is 0 Å². The Morgan fingerprint density at radius 2 is 1.83 bits per heavy atom. The van der Waals surface area contributed by atoms with Crippen molar-refractivity contribution in [2.75, 3.05) is 6.54 Å². The van der Waals surface area contributed by atoms with Crippen LogP contribution in [-0.4, -0.2) is 34.5 Å². The largest absolute Gasteiger partial charge is 0.465 e. The summed E-state index contributed by atoms with van der Waals surface area (Å²) in [6.07, 6.45) is -0.244. The van der Waals surface area contributed by atoms with E-state index in [4.69, 9.17) is 5.11 Å². The summed E-state index contributed by atoms with van der Waals surface area (Å²) in [5.41, 5.74) is -0.134. The van der Waals surface area contributed by atoms with Crippen LogP contribution in [0.15, 0.2) is 18.2 Å². The maximum Gasteiger partial charge on any atom is 0.407 e. The number of benzene rings is 1. The summed E-state index contributed by atoms with van der Waals surface area (Å²) < 4.78 is 26.0. The number of likely N-dealkylation sites (tertiary alicyclic amines) is 1. The molecule has 1 saturated heterocycles. The molecule has 0 unspecified atom stereocenters. The second-order valence-corrected chi connectivity index (χ2v) is 4.16. The maximum absolute atomic E-state index is 13.0. The van der Waals surface area contributed by atoms with Crippen molar-refractivity contribution in [2.45, 2.75) is 18.9 Å². The Bertz CT molecular complexity index is 484. The van der Waals surface area contributed by atoms with Gasteiger partial charge in [0, 0.05) is 18.2 Å². The lowest BCUT2D eigenvalue weighted by atomic mass is 10.0. The van der Waals surface area contributed by atoms with Gasteiger partial charge in [-0.2, -0.15) is 0 Å². The quantitative estimate of drug-likeness (QED) is 0.825. The van der Waals surface area contributed by atoms with Gasteiger partial charge in [0.1, 0.15) is 11.6 Å². The standard InChI is InChI=1S/C12H11F2NO3/c13-8-4-7(5-9(14)6-8)11(16)10-2-1-3-15(10)12(17)18/h4-6,10H,1-3H2,(H,17,18)/t10-/m1/s1. The van der Waals surface area contributed by atoms with Crippen molar-refractivity contribution in [3.8, 4) is 0 Å². The molecule has 1 atom stereocenters. The van der Waals surface area contributed by atoms with Crippen LogP contribution in [0.3, 0.4) is 0 Å². The Morgan fingerprint density at radius 1 is 1.22 bits per heavy atom. The third-order valence-corrected chi connectivity index (χ3v) is 2.95. The molecule has 1 aromatic rings. The van der Waals surface area contributed by atoms with E-state index in [1.807, 2.05) is 0 Å². The number of nitrogens with zero attached hydrogens (tertiary/aromatic N) is 1. The van der Waals surface area contributed by atoms with Gasteiger partial charge in [-0.3, -0.25) is 9.69 Å². The molecular formula is C12H11F2NO3. The zero-order valence-electron chi connectivity index (χ0n) is 9.40. The van der Waals surface area contributed by atoms with Gasteiger partial charge in [-0.15, -0.1) is 0 Å². The van der Waals surface area contributed by atoms with E-state index in [0.29, 0.717) is 18.9 Å². The highest BCUT2D eigenvalue weighted by Gasteiger charge is 2.34. The Morgan fingerprint density at radius 3 is 2.39 bits per heavy atom. The highest BCUT2D eigenvalue weighted by atomic mass is 19.1. The first-order chi connectivity index (χ1) is 8.49. The van der Waals surface area contributed by atoms with Gasteiger partial charge >= 0.3 is 6.09 Å². The molecule has 1 aliphatic rings. The zero-order valence-corrected chi connectivity index (χ0v) is 9.40. The minimum absolute atomic E-state index is 0.134. The number of ketones is 1. The number of halogens is 2. The summed E-state index contributed by atoms with van der Waals surface area (Å²) in [5.74, 6) is -2.26. The predicted octanol–water partition coefficient (Wildman–Crippen LogP) is 2.29. The van der Waals surface area contributed by atoms with Crippen molar-refractivity contribution < 1.29 is 23.5 Å². The van der Waals surface area contributed by atoms with E-state index in [1.54, 1.807) is 0 Å². The monoisotopic (exact) mass is 255 g/mol. The van der Waals surface area contributed by atoms with Gasteiger partial charge in [0.05, 0.1) is 6.04 Å². The molecule has 0 bridgehead atoms. The van der Waals surface area contributed by atoms with E-state index in [-0.39, 0.29) is 12.1 Å². The molecule has 0 radical (unpaired) electrons. The second-order valence-electron chi connectivity index (χ2n) is 4.16. The van der Waals surface area contributed by atoms with Crippen LogP contribution >= 0.6 is 0 Å². The molecule has 1 aliphatic heterocycles. The van der Waals surface area contributed by atoms with E-state index in [2.05, 4.69) is 0 Å². The molecule has 1 heterocycles. The van der Waals surface area contributed by atoms with Crippen LogP contribution in [0.25, 0.3) is 0 Å². The third kappa shape index (κ3) is 2.32. The molecular weight excluding hydrogens is 244 g/mol. The molecule has 2 rings (SSSR count). The first kappa shape index (κ1) is 12.5. The van der Waals surface area contributed by atoms with Crippen molar-refractivity contribution in [3.63, 3.8) is 0 Å². The van der Waals surface area contributed by atoms with Crippen molar-refractivity contribution in [1.82, 2.24) is 4.90 Å². The number of Topliss-reactive ketones (excluding diaryl/α,β-unsaturated/α-hetero) is 1. The van der Waals surface area contributed by atoms with Crippen molar-refractivity contribution in [2.24, 2.45) is 0 Å². The van der Waals surface area contributed by atoms with E-state index < -0.39 is 29.6 Å². The van der Waals surface area contributed by atoms with Gasteiger partial charge in [-0.25, -0.2) is 13.6 Å². The summed E-state index contributed by atoms with van der Waals surface area (Å²) in [4.78, 5) is 23.9. The number of carbonyl (C=O) groups is 2. The summed E-state index contributed by atoms with van der Waals surface area (Å²) in [6.45, 7) is 0.267. The number of carboxylic acid groups (broad SMARTS) is 1. The van der Waals surface area contributed by atoms with Gasteiger partial charge in [-0.05, 0) is 25.0 Å². The molecule has 6 heteroatoms. The molecule has 1 N–H and O–H groups in total. The van der Waals surface area contributed by atoms with Gasteiger partial charge in [-0.1, -0.05) is 0 Å². The Balaban J connectivity index is 2.28. The molecule has 0 aromatic heterocycles. The van der Waals surface area contributed by atoms with Gasteiger partial charge in [0.15, 0.2) is 5.78 Å². The third-order valence-electron chi connectivity index (χ3n) is 2.95. The minimum Gasteiger partial charge on any atom is -0.465 e. The van der Waals surface area contributed by atoms with Crippen LogP contribution in [0, 0.1) is 11.6 Å². The predicted molar refractivity (Wildman–Crippen MR) is 58.4 cm³/mol. The highest BCUT2D eigenvalue weighted by Crippen LogP contribution is 2.22. The van der Waals surface area contributed by atoms with Crippen molar-refractivity contribution >= 4 is 11.9 Å². The highest BCUT2D eigenvalue weighted by molar-refractivity contribution is 6.01. The maximum atomic E-state index is 13.0. The molecule has 0 saturated carbocycles. The van der Waals surface area contributed by atoms with Gasteiger partial charge in [0.2, 0.25) is 0 Å². The summed E-state index contributed by atoms with van der Waals surface area (Å²) in [5, 5.41) is 8.91. The lowest BCUT2D eigenvalue weighted by Gasteiger charge is -2.20. The van der Waals surface area contributed by atoms with E-state index in [9.17, 15) is 18.4 Å². The van der Waals surface area contributed by atoms with Gasteiger partial charge < -0.3 is 5.11 Å². The number of rotatable bonds is 2. The Labute approximate surface area is 102 Å². The molecule has 0 aliphatic carbocycles. The van der Waals surface area contributed by atoms with Crippen LogP contribution in [-0.2, 0) is 0 Å². The number of hydrogen-bond acceptors (Lipinski definition) is 2. The van der Waals surface area contributed by atoms with E-state index in [0.717, 1.165) is 17.0 Å². The first-order valence-corrected chi connectivity index (χ1v) is 5.49.